The van der Waals surface area contributed by atoms with Gasteiger partial charge in [-0.1, -0.05) is 24.3 Å². The molecular weight excluding hydrogens is 408 g/mol. The average molecular weight is 437 g/mol. The maximum absolute atomic E-state index is 12.9. The molecule has 4 aliphatic carbocycles. The molecule has 8 nitrogen and oxygen atoms in total. The van der Waals surface area contributed by atoms with E-state index < -0.39 is 0 Å². The van der Waals surface area contributed by atoms with E-state index in [0.717, 1.165) is 12.8 Å². The molecule has 0 aromatic heterocycles. The number of rotatable bonds is 4. The number of hydrogen-bond donors (Lipinski definition) is 0. The summed E-state index contributed by atoms with van der Waals surface area (Å²) in [6.45, 7) is 3.58. The Morgan fingerprint density at radius 1 is 0.531 bits per heavy atom. The molecule has 7 rings (SSSR count). The predicted molar refractivity (Wildman–Crippen MR) is 112 cm³/mol. The molecule has 0 unspecified atom stereocenters. The minimum absolute atomic E-state index is 0.00215. The Labute approximate surface area is 186 Å². The molecule has 0 aromatic rings. The Morgan fingerprint density at radius 3 is 1.09 bits per heavy atom. The van der Waals surface area contributed by atoms with E-state index >= 15 is 0 Å². The van der Waals surface area contributed by atoms with Gasteiger partial charge in [-0.05, 0) is 36.5 Å². The van der Waals surface area contributed by atoms with Gasteiger partial charge in [0.1, 0.15) is 0 Å². The molecule has 0 N–H and O–H groups in total. The molecular formula is C24H28N4O4. The number of likely N-dealkylation sites (tertiary alicyclic amines) is 2. The van der Waals surface area contributed by atoms with E-state index in [1.165, 1.54) is 9.80 Å². The van der Waals surface area contributed by atoms with Crippen molar-refractivity contribution in [2.24, 2.45) is 47.3 Å². The van der Waals surface area contributed by atoms with E-state index in [0.29, 0.717) is 39.5 Å². The van der Waals surface area contributed by atoms with Crippen molar-refractivity contribution in [2.45, 2.75) is 12.8 Å². The van der Waals surface area contributed by atoms with E-state index in [1.807, 2.05) is 0 Å². The summed E-state index contributed by atoms with van der Waals surface area (Å²) >= 11 is 0. The lowest BCUT2D eigenvalue weighted by atomic mass is 9.85. The second-order valence-corrected chi connectivity index (χ2v) is 10.7. The van der Waals surface area contributed by atoms with Gasteiger partial charge in [-0.15, -0.1) is 0 Å². The zero-order valence-electron chi connectivity index (χ0n) is 18.0. The van der Waals surface area contributed by atoms with Crippen LogP contribution in [0.15, 0.2) is 24.3 Å². The summed E-state index contributed by atoms with van der Waals surface area (Å²) in [6, 6.07) is 0. The van der Waals surface area contributed by atoms with Gasteiger partial charge in [-0.3, -0.25) is 38.8 Å². The van der Waals surface area contributed by atoms with Gasteiger partial charge in [0.15, 0.2) is 0 Å². The molecule has 4 amide bonds. The van der Waals surface area contributed by atoms with Crippen LogP contribution in [0.5, 0.6) is 0 Å². The summed E-state index contributed by atoms with van der Waals surface area (Å²) in [5.74, 6) is 0.394. The quantitative estimate of drug-likeness (QED) is 0.461. The monoisotopic (exact) mass is 436 g/mol. The standard InChI is InChI=1S/C24H28N4O4/c29-21-17-13-1-2-14(9-13)18(17)22(30)27(21)11-25-5-7-26(8-6-25)12-28-23(31)19-15-3-4-16(10-15)20(19)24(28)32/h1-4,13-20H,5-12H2/t13-,14+,15-,16+,17-,18-,19+,20-/m0/s1. The molecule has 5 fully saturated rings. The molecule has 0 radical (unpaired) electrons. The molecule has 4 bridgehead atoms. The molecule has 3 heterocycles. The first-order chi connectivity index (χ1) is 15.5. The third-order valence-corrected chi connectivity index (χ3v) is 9.27. The largest absolute Gasteiger partial charge is 0.283 e. The van der Waals surface area contributed by atoms with Crippen LogP contribution < -0.4 is 0 Å². The minimum Gasteiger partial charge on any atom is -0.283 e. The lowest BCUT2D eigenvalue weighted by Crippen LogP contribution is -2.54. The van der Waals surface area contributed by atoms with Crippen LogP contribution in [0.25, 0.3) is 0 Å². The van der Waals surface area contributed by atoms with Crippen molar-refractivity contribution in [1.82, 2.24) is 19.6 Å². The summed E-state index contributed by atoms with van der Waals surface area (Å²) in [6.07, 6.45) is 10.4. The normalized spacial score (nSPS) is 44.6. The molecule has 8 atom stereocenters. The zero-order valence-corrected chi connectivity index (χ0v) is 18.0. The van der Waals surface area contributed by atoms with Gasteiger partial charge in [0.2, 0.25) is 23.6 Å². The van der Waals surface area contributed by atoms with Gasteiger partial charge >= 0.3 is 0 Å². The first-order valence-electron chi connectivity index (χ1n) is 12.0. The van der Waals surface area contributed by atoms with Crippen LogP contribution >= 0.6 is 0 Å². The van der Waals surface area contributed by atoms with Crippen LogP contribution in [-0.4, -0.2) is 82.7 Å². The summed E-state index contributed by atoms with van der Waals surface area (Å²) < 4.78 is 0. The Hall–Kier alpha value is -2.32. The number of piperazine rings is 1. The van der Waals surface area contributed by atoms with E-state index in [2.05, 4.69) is 34.1 Å². The predicted octanol–water partition coefficient (Wildman–Crippen LogP) is 0.133. The van der Waals surface area contributed by atoms with Crippen LogP contribution in [0.3, 0.4) is 0 Å². The number of allylic oxidation sites excluding steroid dienone is 4. The molecule has 8 heteroatoms. The Morgan fingerprint density at radius 2 is 0.812 bits per heavy atom. The van der Waals surface area contributed by atoms with Crippen LogP contribution in [-0.2, 0) is 19.2 Å². The molecule has 0 aromatic carbocycles. The van der Waals surface area contributed by atoms with Crippen molar-refractivity contribution >= 4 is 23.6 Å². The SMILES string of the molecule is O=C1[C@@H]2[C@@H](C(=O)N1CN1CCN(CN3C(=O)[C@@H]4[C@H](C3=O)[C@H]3C=C[C@@H]4C3)CC1)[C@H]1C=C[C@@H]2C1. The van der Waals surface area contributed by atoms with Crippen molar-refractivity contribution in [3.05, 3.63) is 24.3 Å². The van der Waals surface area contributed by atoms with Crippen molar-refractivity contribution in [3.8, 4) is 0 Å². The highest BCUT2D eigenvalue weighted by molar-refractivity contribution is 6.07. The van der Waals surface area contributed by atoms with Crippen LogP contribution in [0.1, 0.15) is 12.8 Å². The number of nitrogens with zero attached hydrogens (tertiary/aromatic N) is 4. The number of amides is 4. The zero-order chi connectivity index (χ0) is 21.7. The second-order valence-electron chi connectivity index (χ2n) is 10.7. The summed E-state index contributed by atoms with van der Waals surface area (Å²) in [4.78, 5) is 59.0. The molecule has 3 saturated heterocycles. The van der Waals surface area contributed by atoms with E-state index in [-0.39, 0.29) is 71.0 Å². The Bertz CT molecular complexity index is 844. The van der Waals surface area contributed by atoms with E-state index in [1.54, 1.807) is 0 Å². The maximum Gasteiger partial charge on any atom is 0.234 e. The van der Waals surface area contributed by atoms with Gasteiger partial charge in [0.25, 0.3) is 0 Å². The molecule has 7 aliphatic rings. The second kappa shape index (κ2) is 6.60. The van der Waals surface area contributed by atoms with Crippen molar-refractivity contribution in [2.75, 3.05) is 39.5 Å². The van der Waals surface area contributed by atoms with E-state index in [9.17, 15) is 19.2 Å². The van der Waals surface area contributed by atoms with Crippen LogP contribution in [0.4, 0.5) is 0 Å². The van der Waals surface area contributed by atoms with Gasteiger partial charge in [0, 0.05) is 26.2 Å². The summed E-state index contributed by atoms with van der Waals surface area (Å²) in [5, 5.41) is 0. The fourth-order valence-corrected chi connectivity index (χ4v) is 7.68. The van der Waals surface area contributed by atoms with Gasteiger partial charge < -0.3 is 0 Å². The number of imide groups is 2. The molecule has 0 spiro atoms. The average Bonchev–Trinajstić information content (AvgIpc) is 3.62. The summed E-state index contributed by atoms with van der Waals surface area (Å²) in [7, 11) is 0. The first kappa shape index (κ1) is 19.2. The molecule has 3 aliphatic heterocycles. The van der Waals surface area contributed by atoms with Crippen LogP contribution in [0, 0.1) is 47.3 Å². The van der Waals surface area contributed by atoms with Crippen molar-refractivity contribution < 1.29 is 19.2 Å². The van der Waals surface area contributed by atoms with Gasteiger partial charge in [-0.25, -0.2) is 0 Å². The lowest BCUT2D eigenvalue weighted by Gasteiger charge is -2.37. The Balaban J connectivity index is 0.956. The number of carbonyl (C=O) groups is 4. The Kier molecular flexibility index (Phi) is 3.96. The highest BCUT2D eigenvalue weighted by Gasteiger charge is 2.60. The van der Waals surface area contributed by atoms with Gasteiger partial charge in [0.05, 0.1) is 37.0 Å². The highest BCUT2D eigenvalue weighted by atomic mass is 16.2. The summed E-state index contributed by atoms with van der Waals surface area (Å²) in [5.41, 5.74) is 0. The fourth-order valence-electron chi connectivity index (χ4n) is 7.68. The molecule has 2 saturated carbocycles. The van der Waals surface area contributed by atoms with Crippen molar-refractivity contribution in [1.29, 1.82) is 0 Å². The number of carbonyl (C=O) groups excluding carboxylic acids is 4. The number of fused-ring (bicyclic) bond motifs is 10. The molecule has 32 heavy (non-hydrogen) atoms. The third kappa shape index (κ3) is 2.45. The molecule has 168 valence electrons. The van der Waals surface area contributed by atoms with Gasteiger partial charge in [-0.2, -0.15) is 0 Å². The van der Waals surface area contributed by atoms with E-state index in [4.69, 9.17) is 0 Å². The maximum atomic E-state index is 12.9. The topological polar surface area (TPSA) is 81.2 Å². The first-order valence-corrected chi connectivity index (χ1v) is 12.0. The minimum atomic E-state index is -0.143. The number of hydrogen-bond acceptors (Lipinski definition) is 6. The third-order valence-electron chi connectivity index (χ3n) is 9.27. The smallest absolute Gasteiger partial charge is 0.234 e. The van der Waals surface area contributed by atoms with Crippen molar-refractivity contribution in [3.63, 3.8) is 0 Å². The fraction of sp³-hybridized carbons (Fsp3) is 0.667. The van der Waals surface area contributed by atoms with Crippen LogP contribution in [0.2, 0.25) is 0 Å². The lowest BCUT2D eigenvalue weighted by molar-refractivity contribution is -0.146. The highest BCUT2D eigenvalue weighted by Crippen LogP contribution is 2.53.